The van der Waals surface area contributed by atoms with Crippen molar-refractivity contribution in [2.75, 3.05) is 6.54 Å². The minimum absolute atomic E-state index is 0.0143. The maximum atomic E-state index is 13.2. The predicted molar refractivity (Wildman–Crippen MR) is 107 cm³/mol. The molecule has 0 aromatic heterocycles. The molecule has 1 saturated carbocycles. The van der Waals surface area contributed by atoms with Crippen molar-refractivity contribution in [3.63, 3.8) is 0 Å². The molecule has 2 unspecified atom stereocenters. The number of benzene rings is 1. The number of hydrogen-bond donors (Lipinski definition) is 2. The smallest absolute Gasteiger partial charge is 0.425 e. The Kier molecular flexibility index (Phi) is 6.33. The number of nitriles is 1. The van der Waals surface area contributed by atoms with E-state index >= 15 is 0 Å². The van der Waals surface area contributed by atoms with Crippen LogP contribution in [0.1, 0.15) is 19.8 Å². The van der Waals surface area contributed by atoms with Gasteiger partial charge in [0.05, 0.1) is 21.2 Å². The van der Waals surface area contributed by atoms with Gasteiger partial charge in [-0.2, -0.15) is 18.4 Å². The largest absolute Gasteiger partial charge is 0.481 e. The summed E-state index contributed by atoms with van der Waals surface area (Å²) in [6, 6.07) is 2.63. The Balaban J connectivity index is 1.85. The lowest BCUT2D eigenvalue weighted by Crippen LogP contribution is -2.42. The van der Waals surface area contributed by atoms with Gasteiger partial charge in [0.1, 0.15) is 11.8 Å². The van der Waals surface area contributed by atoms with E-state index in [9.17, 15) is 41.5 Å². The number of alkyl halides is 3. The van der Waals surface area contributed by atoms with Crippen molar-refractivity contribution in [1.29, 1.82) is 5.26 Å². The van der Waals surface area contributed by atoms with Gasteiger partial charge in [0.25, 0.3) is 0 Å². The zero-order chi connectivity index (χ0) is 24.9. The molecule has 0 radical (unpaired) electrons. The molecule has 5 atom stereocenters. The van der Waals surface area contributed by atoms with Crippen molar-refractivity contribution in [1.82, 2.24) is 4.90 Å². The SMILES string of the molecule is C[C@H](Oc1ccc(S(=O)(=O)[C@@H]2C[C@@H](C(=O)O)N(C3CC3(C#N)C(N)=O)C2)c(Cl)c1)C(F)(F)F. The Hall–Kier alpha value is -2.56. The van der Waals surface area contributed by atoms with Crippen LogP contribution < -0.4 is 10.5 Å². The highest BCUT2D eigenvalue weighted by Crippen LogP contribution is 2.51. The van der Waals surface area contributed by atoms with Crippen LogP contribution in [0.2, 0.25) is 5.02 Å². The topological polar surface area (TPSA) is 151 Å². The number of ether oxygens (including phenoxy) is 1. The molecular formula is C19H19ClF3N3O6S. The van der Waals surface area contributed by atoms with Crippen LogP contribution in [-0.4, -0.2) is 66.5 Å². The van der Waals surface area contributed by atoms with E-state index in [1.54, 1.807) is 6.07 Å². The molecule has 14 heteroatoms. The first-order chi connectivity index (χ1) is 15.1. The Morgan fingerprint density at radius 1 is 1.42 bits per heavy atom. The van der Waals surface area contributed by atoms with E-state index in [1.807, 2.05) is 0 Å². The number of carboxylic acids is 1. The summed E-state index contributed by atoms with van der Waals surface area (Å²) in [5, 5.41) is 17.2. The van der Waals surface area contributed by atoms with Crippen molar-refractivity contribution in [2.24, 2.45) is 11.1 Å². The monoisotopic (exact) mass is 509 g/mol. The normalized spacial score (nSPS) is 28.7. The molecule has 2 aliphatic rings. The van der Waals surface area contributed by atoms with E-state index in [2.05, 4.69) is 0 Å². The number of amides is 1. The molecular weight excluding hydrogens is 491 g/mol. The minimum Gasteiger partial charge on any atom is -0.481 e. The van der Waals surface area contributed by atoms with Crippen LogP contribution in [0, 0.1) is 16.7 Å². The third kappa shape index (κ3) is 4.47. The van der Waals surface area contributed by atoms with Gasteiger partial charge in [-0.1, -0.05) is 11.6 Å². The first-order valence-electron chi connectivity index (χ1n) is 9.61. The molecule has 0 bridgehead atoms. The Labute approximate surface area is 191 Å². The number of likely N-dealkylation sites (tertiary alicyclic amines) is 1. The Morgan fingerprint density at radius 3 is 2.52 bits per heavy atom. The third-order valence-corrected chi connectivity index (χ3v) is 8.59. The molecule has 2 fully saturated rings. The van der Waals surface area contributed by atoms with E-state index in [-0.39, 0.29) is 30.2 Å². The average molecular weight is 510 g/mol. The molecule has 3 rings (SSSR count). The van der Waals surface area contributed by atoms with Gasteiger partial charge in [0.15, 0.2) is 21.4 Å². The number of aliphatic carboxylic acids is 1. The van der Waals surface area contributed by atoms with Crippen LogP contribution in [0.4, 0.5) is 13.2 Å². The fourth-order valence-corrected chi connectivity index (χ4v) is 6.20. The number of carbonyl (C=O) groups is 2. The lowest BCUT2D eigenvalue weighted by atomic mass is 10.1. The fourth-order valence-electron chi connectivity index (χ4n) is 3.96. The molecule has 1 aromatic rings. The van der Waals surface area contributed by atoms with Gasteiger partial charge in [-0.15, -0.1) is 0 Å². The first-order valence-corrected chi connectivity index (χ1v) is 11.5. The van der Waals surface area contributed by atoms with Crippen LogP contribution in [0.15, 0.2) is 23.1 Å². The van der Waals surface area contributed by atoms with Crippen molar-refractivity contribution in [3.8, 4) is 11.8 Å². The number of carboxylic acid groups (broad SMARTS) is 1. The van der Waals surface area contributed by atoms with Gasteiger partial charge in [-0.05, 0) is 31.9 Å². The summed E-state index contributed by atoms with van der Waals surface area (Å²) < 4.78 is 69.2. The van der Waals surface area contributed by atoms with Gasteiger partial charge in [0, 0.05) is 18.7 Å². The Bertz CT molecular complexity index is 1140. The van der Waals surface area contributed by atoms with Crippen LogP contribution in [-0.2, 0) is 19.4 Å². The lowest BCUT2D eigenvalue weighted by molar-refractivity contribution is -0.189. The quantitative estimate of drug-likeness (QED) is 0.564. The highest BCUT2D eigenvalue weighted by Gasteiger charge is 2.66. The lowest BCUT2D eigenvalue weighted by Gasteiger charge is -2.22. The van der Waals surface area contributed by atoms with Gasteiger partial charge in [-0.3, -0.25) is 14.5 Å². The van der Waals surface area contributed by atoms with Gasteiger partial charge < -0.3 is 15.6 Å². The summed E-state index contributed by atoms with van der Waals surface area (Å²) in [5.74, 6) is -2.54. The minimum atomic E-state index is -4.64. The molecule has 1 heterocycles. The van der Waals surface area contributed by atoms with Crippen molar-refractivity contribution in [2.45, 2.75) is 54.3 Å². The molecule has 1 aromatic carbocycles. The van der Waals surface area contributed by atoms with E-state index in [0.717, 1.165) is 25.1 Å². The van der Waals surface area contributed by atoms with Crippen LogP contribution in [0.5, 0.6) is 5.75 Å². The third-order valence-electron chi connectivity index (χ3n) is 5.97. The summed E-state index contributed by atoms with van der Waals surface area (Å²) in [6.45, 7) is 0.489. The van der Waals surface area contributed by atoms with Crippen LogP contribution in [0.3, 0.4) is 0 Å². The number of primary amides is 1. The highest BCUT2D eigenvalue weighted by atomic mass is 35.5. The van der Waals surface area contributed by atoms with E-state index in [4.69, 9.17) is 22.1 Å². The highest BCUT2D eigenvalue weighted by molar-refractivity contribution is 7.92. The standard InChI is InChI=1S/C19H19ClF3N3O6S/c1-9(19(21,22)23)32-10-2-3-14(12(20)4-10)33(30,31)11-5-13(16(27)28)26(7-11)15-6-18(15,8-24)17(25)29/h2-4,9,11,13,15H,5-7H2,1H3,(H2,25,29)(H,27,28)/t9-,11+,13-,15?,18?/m0/s1. The number of sulfone groups is 1. The van der Waals surface area contributed by atoms with E-state index in [1.165, 1.54) is 4.90 Å². The van der Waals surface area contributed by atoms with E-state index in [0.29, 0.717) is 0 Å². The second-order valence-corrected chi connectivity index (χ2v) is 10.6. The molecule has 1 amide bonds. The summed E-state index contributed by atoms with van der Waals surface area (Å²) in [4.78, 5) is 24.3. The summed E-state index contributed by atoms with van der Waals surface area (Å²) in [7, 11) is -4.23. The molecule has 33 heavy (non-hydrogen) atoms. The molecule has 1 aliphatic heterocycles. The van der Waals surface area contributed by atoms with Gasteiger partial charge >= 0.3 is 12.1 Å². The maximum Gasteiger partial charge on any atom is 0.425 e. The molecule has 1 aliphatic carbocycles. The second kappa shape index (κ2) is 8.34. The van der Waals surface area contributed by atoms with Crippen LogP contribution >= 0.6 is 11.6 Å². The van der Waals surface area contributed by atoms with Crippen molar-refractivity contribution >= 4 is 33.3 Å². The number of hydrogen-bond acceptors (Lipinski definition) is 7. The molecule has 1 saturated heterocycles. The van der Waals surface area contributed by atoms with Gasteiger partial charge in [-0.25, -0.2) is 8.42 Å². The number of halogens is 4. The van der Waals surface area contributed by atoms with Crippen LogP contribution in [0.25, 0.3) is 0 Å². The maximum absolute atomic E-state index is 13.2. The van der Waals surface area contributed by atoms with E-state index < -0.39 is 61.6 Å². The first kappa shape index (κ1) is 25.1. The van der Waals surface area contributed by atoms with Crippen molar-refractivity contribution < 1.29 is 41.0 Å². The number of nitrogens with zero attached hydrogens (tertiary/aromatic N) is 2. The number of nitrogens with two attached hydrogens (primary N) is 1. The molecule has 3 N–H and O–H groups in total. The predicted octanol–water partition coefficient (Wildman–Crippen LogP) is 1.74. The zero-order valence-electron chi connectivity index (χ0n) is 17.0. The van der Waals surface area contributed by atoms with Gasteiger partial charge in [0.2, 0.25) is 5.91 Å². The number of rotatable bonds is 7. The average Bonchev–Trinajstić information content (AvgIpc) is 3.27. The number of carbonyl (C=O) groups excluding carboxylic acids is 1. The Morgan fingerprint density at radius 2 is 2.06 bits per heavy atom. The molecule has 0 spiro atoms. The second-order valence-electron chi connectivity index (χ2n) is 8.01. The molecule has 180 valence electrons. The summed E-state index contributed by atoms with van der Waals surface area (Å²) in [5.41, 5.74) is 3.69. The fraction of sp³-hybridized carbons (Fsp3) is 0.526. The zero-order valence-corrected chi connectivity index (χ0v) is 18.6. The summed E-state index contributed by atoms with van der Waals surface area (Å²) in [6.07, 6.45) is -7.14. The summed E-state index contributed by atoms with van der Waals surface area (Å²) >= 11 is 6.03. The molecule has 9 nitrogen and oxygen atoms in total. The van der Waals surface area contributed by atoms with Crippen molar-refractivity contribution in [3.05, 3.63) is 23.2 Å².